The molecule has 3 nitrogen and oxygen atoms in total. The summed E-state index contributed by atoms with van der Waals surface area (Å²) in [6, 6.07) is 7.68. The average Bonchev–Trinajstić information content (AvgIpc) is 3.20. The highest BCUT2D eigenvalue weighted by molar-refractivity contribution is 8.02. The average molecular weight is 369 g/mol. The van der Waals surface area contributed by atoms with Gasteiger partial charge in [-0.2, -0.15) is 9.65 Å². The summed E-state index contributed by atoms with van der Waals surface area (Å²) >= 11 is 2.16. The SMILES string of the molecule is CC.N#Cc1c[nH]c2c(NSc3ccc(F)s3)ccc(C(F)F)c12. The van der Waals surface area contributed by atoms with Crippen LogP contribution in [0.25, 0.3) is 10.9 Å². The van der Waals surface area contributed by atoms with Gasteiger partial charge < -0.3 is 9.71 Å². The third-order valence-electron chi connectivity index (χ3n) is 3.03. The number of anilines is 1. The van der Waals surface area contributed by atoms with Gasteiger partial charge in [0.25, 0.3) is 6.43 Å². The lowest BCUT2D eigenvalue weighted by Crippen LogP contribution is -1.92. The number of aromatic amines is 1. The highest BCUT2D eigenvalue weighted by Crippen LogP contribution is 2.36. The molecule has 8 heteroatoms. The predicted molar refractivity (Wildman–Crippen MR) is 93.1 cm³/mol. The minimum atomic E-state index is -2.67. The van der Waals surface area contributed by atoms with E-state index in [1.807, 2.05) is 19.9 Å². The summed E-state index contributed by atoms with van der Waals surface area (Å²) in [6.45, 7) is 4.00. The van der Waals surface area contributed by atoms with Crippen molar-refractivity contribution in [1.82, 2.24) is 4.98 Å². The fourth-order valence-electron chi connectivity index (χ4n) is 2.09. The Morgan fingerprint density at radius 2 is 2.00 bits per heavy atom. The number of thiophene rings is 1. The maximum Gasteiger partial charge on any atom is 0.264 e. The van der Waals surface area contributed by atoms with Crippen LogP contribution in [0.2, 0.25) is 0 Å². The molecule has 2 heterocycles. The lowest BCUT2D eigenvalue weighted by molar-refractivity contribution is 0.153. The number of H-pyrrole nitrogens is 1. The second kappa shape index (κ2) is 8.13. The monoisotopic (exact) mass is 369 g/mol. The lowest BCUT2D eigenvalue weighted by atomic mass is 10.1. The Balaban J connectivity index is 0.00000100. The molecule has 0 amide bonds. The van der Waals surface area contributed by atoms with Crippen LogP contribution in [0.3, 0.4) is 0 Å². The summed E-state index contributed by atoms with van der Waals surface area (Å²) < 4.78 is 42.8. The van der Waals surface area contributed by atoms with Crippen LogP contribution < -0.4 is 4.72 Å². The molecular weight excluding hydrogens is 355 g/mol. The second-order valence-corrected chi connectivity index (χ2v) is 6.47. The normalized spacial score (nSPS) is 10.4. The maximum absolute atomic E-state index is 13.1. The van der Waals surface area contributed by atoms with E-state index in [1.54, 1.807) is 6.07 Å². The molecule has 24 heavy (non-hydrogen) atoms. The molecule has 0 unspecified atom stereocenters. The molecule has 0 aliphatic rings. The molecule has 126 valence electrons. The summed E-state index contributed by atoms with van der Waals surface area (Å²) in [6.07, 6.45) is -1.27. The number of fused-ring (bicyclic) bond motifs is 1. The van der Waals surface area contributed by atoms with Crippen LogP contribution in [0, 0.1) is 16.5 Å². The van der Waals surface area contributed by atoms with Crippen molar-refractivity contribution in [2.45, 2.75) is 24.5 Å². The fourth-order valence-corrected chi connectivity index (χ4v) is 3.60. The van der Waals surface area contributed by atoms with Crippen LogP contribution in [0.5, 0.6) is 0 Å². The first-order chi connectivity index (χ1) is 11.6. The molecular formula is C16H14F3N3S2. The molecule has 0 fully saturated rings. The van der Waals surface area contributed by atoms with Crippen molar-refractivity contribution in [3.63, 3.8) is 0 Å². The van der Waals surface area contributed by atoms with Crippen LogP contribution in [-0.2, 0) is 0 Å². The fraction of sp³-hybridized carbons (Fsp3) is 0.188. The molecule has 0 radical (unpaired) electrons. The number of benzene rings is 1. The Hall–Kier alpha value is -2.11. The zero-order valence-electron chi connectivity index (χ0n) is 12.9. The van der Waals surface area contributed by atoms with E-state index >= 15 is 0 Å². The molecule has 2 N–H and O–H groups in total. The first-order valence-electron chi connectivity index (χ1n) is 7.10. The Morgan fingerprint density at radius 3 is 2.58 bits per heavy atom. The maximum atomic E-state index is 13.1. The highest BCUT2D eigenvalue weighted by Gasteiger charge is 2.18. The number of halogens is 3. The van der Waals surface area contributed by atoms with Crippen molar-refractivity contribution in [1.29, 1.82) is 5.26 Å². The van der Waals surface area contributed by atoms with Crippen LogP contribution in [0.4, 0.5) is 18.9 Å². The number of alkyl halides is 2. The Kier molecular flexibility index (Phi) is 6.17. The van der Waals surface area contributed by atoms with Crippen molar-refractivity contribution >= 4 is 39.9 Å². The topological polar surface area (TPSA) is 51.6 Å². The molecule has 2 aromatic heterocycles. The third kappa shape index (κ3) is 3.68. The van der Waals surface area contributed by atoms with Gasteiger partial charge in [0.15, 0.2) is 5.13 Å². The lowest BCUT2D eigenvalue weighted by Gasteiger charge is -2.09. The Bertz CT molecular complexity index is 865. The molecule has 0 saturated heterocycles. The Labute approximate surface area is 145 Å². The number of nitrogens with one attached hydrogen (secondary N) is 2. The highest BCUT2D eigenvalue weighted by atomic mass is 32.2. The van der Waals surface area contributed by atoms with Crippen LogP contribution >= 0.6 is 23.3 Å². The van der Waals surface area contributed by atoms with Gasteiger partial charge >= 0.3 is 0 Å². The smallest absolute Gasteiger partial charge is 0.264 e. The van der Waals surface area contributed by atoms with Gasteiger partial charge in [0.1, 0.15) is 6.07 Å². The predicted octanol–water partition coefficient (Wildman–Crippen LogP) is 6.32. The van der Waals surface area contributed by atoms with Crippen molar-refractivity contribution < 1.29 is 13.2 Å². The van der Waals surface area contributed by atoms with E-state index in [4.69, 9.17) is 5.26 Å². The molecule has 0 bridgehead atoms. The first-order valence-corrected chi connectivity index (χ1v) is 8.74. The van der Waals surface area contributed by atoms with Crippen molar-refractivity contribution in [3.8, 4) is 6.07 Å². The number of nitrogens with zero attached hydrogens (tertiary/aromatic N) is 1. The summed E-state index contributed by atoms with van der Waals surface area (Å²) in [4.78, 5) is 2.84. The van der Waals surface area contributed by atoms with Gasteiger partial charge in [-0.3, -0.25) is 0 Å². The van der Waals surface area contributed by atoms with Crippen LogP contribution in [0.15, 0.2) is 34.7 Å². The summed E-state index contributed by atoms with van der Waals surface area (Å²) in [5.41, 5.74) is 0.963. The van der Waals surface area contributed by atoms with Gasteiger partial charge in [0, 0.05) is 17.1 Å². The van der Waals surface area contributed by atoms with E-state index in [1.165, 1.54) is 36.3 Å². The van der Waals surface area contributed by atoms with Gasteiger partial charge in [0.2, 0.25) is 0 Å². The quantitative estimate of drug-likeness (QED) is 0.529. The summed E-state index contributed by atoms with van der Waals surface area (Å²) in [5, 5.41) is 8.96. The van der Waals surface area contributed by atoms with Crippen molar-refractivity contribution in [3.05, 3.63) is 46.7 Å². The van der Waals surface area contributed by atoms with Crippen molar-refractivity contribution in [2.75, 3.05) is 4.72 Å². The molecule has 0 atom stereocenters. The van der Waals surface area contributed by atoms with E-state index in [0.717, 1.165) is 11.3 Å². The number of hydrogen-bond acceptors (Lipinski definition) is 4. The molecule has 0 aliphatic carbocycles. The summed E-state index contributed by atoms with van der Waals surface area (Å²) in [5.74, 6) is 0. The van der Waals surface area contributed by atoms with Gasteiger partial charge in [-0.1, -0.05) is 31.3 Å². The third-order valence-corrected chi connectivity index (χ3v) is 4.86. The zero-order valence-corrected chi connectivity index (χ0v) is 14.5. The molecule has 3 aromatic rings. The first kappa shape index (κ1) is 18.2. The summed E-state index contributed by atoms with van der Waals surface area (Å²) in [7, 11) is 0. The van der Waals surface area contributed by atoms with Crippen LogP contribution in [0.1, 0.15) is 31.4 Å². The van der Waals surface area contributed by atoms with E-state index in [2.05, 4.69) is 9.71 Å². The molecule has 1 aromatic carbocycles. The molecule has 0 aliphatic heterocycles. The van der Waals surface area contributed by atoms with E-state index in [-0.39, 0.29) is 21.6 Å². The largest absolute Gasteiger partial charge is 0.358 e. The minimum absolute atomic E-state index is 0.168. The zero-order chi connectivity index (χ0) is 17.7. The molecule has 3 rings (SSSR count). The molecule has 0 spiro atoms. The van der Waals surface area contributed by atoms with Crippen LogP contribution in [-0.4, -0.2) is 4.98 Å². The number of aromatic nitrogens is 1. The van der Waals surface area contributed by atoms with Crippen molar-refractivity contribution in [2.24, 2.45) is 0 Å². The van der Waals surface area contributed by atoms with Gasteiger partial charge in [-0.05, 0) is 30.1 Å². The minimum Gasteiger partial charge on any atom is -0.358 e. The van der Waals surface area contributed by atoms with E-state index in [0.29, 0.717) is 15.4 Å². The van der Waals surface area contributed by atoms with Gasteiger partial charge in [0.05, 0.1) is 21.0 Å². The standard InChI is InChI=1S/C14H8F3N3S2.C2H6/c15-10-3-4-11(21-10)22-20-9-2-1-8(14(16)17)12-7(5-18)6-19-13(9)12;1-2/h1-4,6,14,19-20H;1-2H3. The number of rotatable bonds is 4. The number of nitriles is 1. The van der Waals surface area contributed by atoms with Gasteiger partial charge in [-0.25, -0.2) is 8.78 Å². The van der Waals surface area contributed by atoms with E-state index in [9.17, 15) is 13.2 Å². The van der Waals surface area contributed by atoms with E-state index < -0.39 is 6.43 Å². The second-order valence-electron chi connectivity index (χ2n) is 4.33. The Morgan fingerprint density at radius 1 is 1.25 bits per heavy atom. The van der Waals surface area contributed by atoms with Gasteiger partial charge in [-0.15, -0.1) is 0 Å². The molecule has 0 saturated carbocycles. The number of hydrogen-bond donors (Lipinski definition) is 2.